The Morgan fingerprint density at radius 3 is 1.68 bits per heavy atom. The molecule has 2 heteroatoms. The van der Waals surface area contributed by atoms with Gasteiger partial charge in [-0.1, -0.05) is 67.9 Å². The number of hydrogen-bond donors (Lipinski definition) is 2. The Labute approximate surface area is 115 Å². The largest absolute Gasteiger partial charge is 0.396 e. The molecule has 0 unspecified atom stereocenters. The highest BCUT2D eigenvalue weighted by Crippen LogP contribution is 2.38. The van der Waals surface area contributed by atoms with E-state index in [-0.39, 0.29) is 18.4 Å². The molecule has 19 heavy (non-hydrogen) atoms. The van der Waals surface area contributed by atoms with Gasteiger partial charge in [-0.2, -0.15) is 0 Å². The SMILES string of the molecule is OCCCCCCC(O)(C1C=CC=C1)C1C=CC=C1. The van der Waals surface area contributed by atoms with Crippen LogP contribution in [0.1, 0.15) is 32.1 Å². The smallest absolute Gasteiger partial charge is 0.0841 e. The second-order valence-electron chi connectivity index (χ2n) is 5.47. The van der Waals surface area contributed by atoms with Gasteiger partial charge in [0.15, 0.2) is 0 Å². The Balaban J connectivity index is 1.94. The van der Waals surface area contributed by atoms with Crippen molar-refractivity contribution >= 4 is 0 Å². The summed E-state index contributed by atoms with van der Waals surface area (Å²) < 4.78 is 0. The van der Waals surface area contributed by atoms with Gasteiger partial charge in [-0.05, 0) is 12.8 Å². The molecule has 0 fully saturated rings. The van der Waals surface area contributed by atoms with E-state index in [4.69, 9.17) is 5.11 Å². The highest BCUT2D eigenvalue weighted by atomic mass is 16.3. The second-order valence-corrected chi connectivity index (χ2v) is 5.47. The molecule has 2 rings (SSSR count). The molecule has 0 bridgehead atoms. The summed E-state index contributed by atoms with van der Waals surface area (Å²) in [7, 11) is 0. The fraction of sp³-hybridized carbons (Fsp3) is 0.529. The van der Waals surface area contributed by atoms with E-state index in [0.717, 1.165) is 32.1 Å². The molecule has 0 spiro atoms. The zero-order valence-electron chi connectivity index (χ0n) is 11.4. The minimum Gasteiger partial charge on any atom is -0.396 e. The molecular weight excluding hydrogens is 236 g/mol. The molecular formula is C17H24O2. The van der Waals surface area contributed by atoms with Crippen LogP contribution in [0.3, 0.4) is 0 Å². The van der Waals surface area contributed by atoms with Crippen LogP contribution < -0.4 is 0 Å². The first kappa shape index (κ1) is 14.3. The maximum Gasteiger partial charge on any atom is 0.0841 e. The van der Waals surface area contributed by atoms with Crippen molar-refractivity contribution in [2.45, 2.75) is 37.7 Å². The fourth-order valence-corrected chi connectivity index (χ4v) is 2.96. The quantitative estimate of drug-likeness (QED) is 0.658. The molecule has 0 aromatic rings. The third kappa shape index (κ3) is 3.46. The van der Waals surface area contributed by atoms with Crippen molar-refractivity contribution in [2.24, 2.45) is 11.8 Å². The number of aliphatic hydroxyl groups is 2. The molecule has 104 valence electrons. The lowest BCUT2D eigenvalue weighted by molar-refractivity contribution is -0.0179. The van der Waals surface area contributed by atoms with E-state index in [2.05, 4.69) is 24.3 Å². The summed E-state index contributed by atoms with van der Waals surface area (Å²) in [5, 5.41) is 19.9. The normalized spacial score (nSPS) is 19.1. The monoisotopic (exact) mass is 260 g/mol. The van der Waals surface area contributed by atoms with Crippen molar-refractivity contribution in [3.05, 3.63) is 48.6 Å². The van der Waals surface area contributed by atoms with Crippen LogP contribution in [-0.2, 0) is 0 Å². The number of allylic oxidation sites excluding steroid dienone is 4. The predicted molar refractivity (Wildman–Crippen MR) is 78.7 cm³/mol. The Kier molecular flexibility index (Phi) is 5.17. The first-order chi connectivity index (χ1) is 9.27. The summed E-state index contributed by atoms with van der Waals surface area (Å²) in [5.41, 5.74) is -0.702. The predicted octanol–water partition coefficient (Wildman–Crippen LogP) is 3.14. The van der Waals surface area contributed by atoms with Crippen LogP contribution in [0.2, 0.25) is 0 Å². The van der Waals surface area contributed by atoms with E-state index in [1.807, 2.05) is 24.3 Å². The molecule has 0 saturated heterocycles. The zero-order valence-corrected chi connectivity index (χ0v) is 11.4. The standard InChI is InChI=1S/C17H24O2/c18-14-8-2-1-7-13-17(19,15-9-3-4-10-15)16-11-5-6-12-16/h3-6,9-12,15-16,18-19H,1-2,7-8,13-14H2. The van der Waals surface area contributed by atoms with Crippen LogP contribution in [0.15, 0.2) is 48.6 Å². The van der Waals surface area contributed by atoms with Gasteiger partial charge in [0, 0.05) is 18.4 Å². The fourth-order valence-electron chi connectivity index (χ4n) is 2.96. The molecule has 0 saturated carbocycles. The average Bonchev–Trinajstić information content (AvgIpc) is 3.11. The maximum atomic E-state index is 11.1. The maximum absolute atomic E-state index is 11.1. The Bertz CT molecular complexity index is 338. The molecule has 0 aromatic carbocycles. The van der Waals surface area contributed by atoms with Crippen LogP contribution in [-0.4, -0.2) is 22.4 Å². The van der Waals surface area contributed by atoms with Crippen molar-refractivity contribution in [3.8, 4) is 0 Å². The van der Waals surface area contributed by atoms with Crippen LogP contribution >= 0.6 is 0 Å². The molecule has 0 aromatic heterocycles. The van der Waals surface area contributed by atoms with Gasteiger partial charge in [-0.15, -0.1) is 0 Å². The number of rotatable bonds is 8. The van der Waals surface area contributed by atoms with Crippen molar-refractivity contribution in [2.75, 3.05) is 6.61 Å². The summed E-state index contributed by atoms with van der Waals surface area (Å²) in [4.78, 5) is 0. The van der Waals surface area contributed by atoms with Gasteiger partial charge in [0.25, 0.3) is 0 Å². The molecule has 2 N–H and O–H groups in total. The summed E-state index contributed by atoms with van der Waals surface area (Å²) in [6, 6.07) is 0. The van der Waals surface area contributed by atoms with Crippen LogP contribution in [0, 0.1) is 11.8 Å². The number of aliphatic hydroxyl groups excluding tert-OH is 1. The third-order valence-corrected chi connectivity index (χ3v) is 4.14. The molecule has 0 radical (unpaired) electrons. The van der Waals surface area contributed by atoms with Crippen molar-refractivity contribution in [1.29, 1.82) is 0 Å². The first-order valence-electron chi connectivity index (χ1n) is 7.30. The van der Waals surface area contributed by atoms with Crippen molar-refractivity contribution < 1.29 is 10.2 Å². The van der Waals surface area contributed by atoms with Gasteiger partial charge in [0.2, 0.25) is 0 Å². The summed E-state index contributed by atoms with van der Waals surface area (Å²) in [5.74, 6) is 0.227. The molecule has 2 aliphatic rings. The van der Waals surface area contributed by atoms with E-state index in [1.165, 1.54) is 0 Å². The van der Waals surface area contributed by atoms with Gasteiger partial charge in [-0.25, -0.2) is 0 Å². The van der Waals surface area contributed by atoms with E-state index in [9.17, 15) is 5.11 Å². The van der Waals surface area contributed by atoms with Gasteiger partial charge in [0.05, 0.1) is 5.60 Å². The van der Waals surface area contributed by atoms with E-state index < -0.39 is 5.60 Å². The van der Waals surface area contributed by atoms with E-state index >= 15 is 0 Å². The highest BCUT2D eigenvalue weighted by molar-refractivity contribution is 5.29. The number of hydrogen-bond acceptors (Lipinski definition) is 2. The molecule has 0 heterocycles. The van der Waals surface area contributed by atoms with E-state index in [0.29, 0.717) is 0 Å². The van der Waals surface area contributed by atoms with Gasteiger partial charge < -0.3 is 10.2 Å². The summed E-state index contributed by atoms with van der Waals surface area (Å²) in [6.07, 6.45) is 21.2. The van der Waals surface area contributed by atoms with Crippen molar-refractivity contribution in [1.82, 2.24) is 0 Å². The van der Waals surface area contributed by atoms with Gasteiger partial charge in [-0.3, -0.25) is 0 Å². The van der Waals surface area contributed by atoms with Crippen molar-refractivity contribution in [3.63, 3.8) is 0 Å². The lowest BCUT2D eigenvalue weighted by atomic mass is 9.74. The molecule has 0 aliphatic heterocycles. The molecule has 0 atom stereocenters. The lowest BCUT2D eigenvalue weighted by Gasteiger charge is -2.36. The first-order valence-corrected chi connectivity index (χ1v) is 7.30. The minimum atomic E-state index is -0.702. The van der Waals surface area contributed by atoms with Gasteiger partial charge >= 0.3 is 0 Å². The van der Waals surface area contributed by atoms with Gasteiger partial charge in [0.1, 0.15) is 0 Å². The highest BCUT2D eigenvalue weighted by Gasteiger charge is 2.39. The molecule has 2 nitrogen and oxygen atoms in total. The Morgan fingerprint density at radius 1 is 0.737 bits per heavy atom. The average molecular weight is 260 g/mol. The Hall–Kier alpha value is -1.12. The van der Waals surface area contributed by atoms with Crippen LogP contribution in [0.25, 0.3) is 0 Å². The Morgan fingerprint density at radius 2 is 1.21 bits per heavy atom. The van der Waals surface area contributed by atoms with Crippen LogP contribution in [0.5, 0.6) is 0 Å². The molecule has 2 aliphatic carbocycles. The summed E-state index contributed by atoms with van der Waals surface area (Å²) >= 11 is 0. The van der Waals surface area contributed by atoms with Crippen LogP contribution in [0.4, 0.5) is 0 Å². The third-order valence-electron chi connectivity index (χ3n) is 4.14. The topological polar surface area (TPSA) is 40.5 Å². The summed E-state index contributed by atoms with van der Waals surface area (Å²) in [6.45, 7) is 0.270. The zero-order chi connectivity index (χ0) is 13.6. The lowest BCUT2D eigenvalue weighted by Crippen LogP contribution is -2.41. The minimum absolute atomic E-state index is 0.114. The molecule has 0 amide bonds. The van der Waals surface area contributed by atoms with E-state index in [1.54, 1.807) is 0 Å². The second kappa shape index (κ2) is 6.88. The number of unbranched alkanes of at least 4 members (excludes halogenated alkanes) is 3.